The first kappa shape index (κ1) is 15.5. The zero-order valence-corrected chi connectivity index (χ0v) is 13.5. The van der Waals surface area contributed by atoms with Crippen LogP contribution in [0.15, 0.2) is 36.7 Å². The predicted octanol–water partition coefficient (Wildman–Crippen LogP) is 4.61. The van der Waals surface area contributed by atoms with Crippen molar-refractivity contribution in [1.82, 2.24) is 4.57 Å². The molecule has 0 aliphatic heterocycles. The third kappa shape index (κ3) is 4.55. The molecular weight excluding hydrogens is 260 g/mol. The molecule has 3 heteroatoms. The molecule has 1 aromatic heterocycles. The van der Waals surface area contributed by atoms with E-state index >= 15 is 0 Å². The summed E-state index contributed by atoms with van der Waals surface area (Å²) in [6, 6.07) is 8.38. The Hall–Kier alpha value is -1.90. The Kier molecular flexibility index (Phi) is 5.32. The number of benzene rings is 1. The van der Waals surface area contributed by atoms with E-state index in [4.69, 9.17) is 4.74 Å². The smallest absolute Gasteiger partial charge is 0.120 e. The molecule has 0 radical (unpaired) electrons. The summed E-state index contributed by atoms with van der Waals surface area (Å²) in [5, 5.41) is 3.50. The van der Waals surface area contributed by atoms with Crippen molar-refractivity contribution >= 4 is 5.69 Å². The summed E-state index contributed by atoms with van der Waals surface area (Å²) < 4.78 is 7.95. The van der Waals surface area contributed by atoms with Crippen molar-refractivity contribution in [2.24, 2.45) is 0 Å². The van der Waals surface area contributed by atoms with Gasteiger partial charge in [0.2, 0.25) is 0 Å². The quantitative estimate of drug-likeness (QED) is 0.804. The lowest BCUT2D eigenvalue weighted by Crippen LogP contribution is -2.06. The van der Waals surface area contributed by atoms with Crippen molar-refractivity contribution in [2.45, 2.75) is 53.3 Å². The van der Waals surface area contributed by atoms with Gasteiger partial charge >= 0.3 is 0 Å². The zero-order valence-electron chi connectivity index (χ0n) is 13.5. The molecule has 0 aliphatic carbocycles. The summed E-state index contributed by atoms with van der Waals surface area (Å²) >= 11 is 0. The van der Waals surface area contributed by atoms with Crippen LogP contribution in [0.5, 0.6) is 5.75 Å². The van der Waals surface area contributed by atoms with E-state index in [0.717, 1.165) is 30.9 Å². The lowest BCUT2D eigenvalue weighted by atomic mass is 10.2. The van der Waals surface area contributed by atoms with E-state index in [-0.39, 0.29) is 6.10 Å². The third-order valence-electron chi connectivity index (χ3n) is 3.35. The van der Waals surface area contributed by atoms with Crippen LogP contribution in [0.2, 0.25) is 0 Å². The van der Waals surface area contributed by atoms with Gasteiger partial charge < -0.3 is 14.6 Å². The molecule has 0 bridgehead atoms. The minimum Gasteiger partial charge on any atom is -0.491 e. The largest absolute Gasteiger partial charge is 0.491 e. The average Bonchev–Trinajstić information content (AvgIpc) is 2.85. The van der Waals surface area contributed by atoms with Crippen LogP contribution in [0.3, 0.4) is 0 Å². The van der Waals surface area contributed by atoms with Crippen molar-refractivity contribution in [1.29, 1.82) is 0 Å². The number of hydrogen-bond acceptors (Lipinski definition) is 2. The highest BCUT2D eigenvalue weighted by atomic mass is 16.5. The van der Waals surface area contributed by atoms with Gasteiger partial charge in [-0.2, -0.15) is 0 Å². The van der Waals surface area contributed by atoms with Crippen molar-refractivity contribution in [2.75, 3.05) is 5.32 Å². The number of rotatable bonds is 7. The van der Waals surface area contributed by atoms with Crippen molar-refractivity contribution in [3.8, 4) is 5.75 Å². The minimum atomic E-state index is 0.210. The van der Waals surface area contributed by atoms with Crippen LogP contribution >= 0.6 is 0 Å². The summed E-state index contributed by atoms with van der Waals surface area (Å²) in [4.78, 5) is 0. The summed E-state index contributed by atoms with van der Waals surface area (Å²) in [6.45, 7) is 10.3. The molecule has 1 N–H and O–H groups in total. The number of nitrogens with zero attached hydrogens (tertiary/aromatic N) is 1. The lowest BCUT2D eigenvalue weighted by molar-refractivity contribution is 0.242. The van der Waals surface area contributed by atoms with Crippen molar-refractivity contribution in [3.63, 3.8) is 0 Å². The zero-order chi connectivity index (χ0) is 15.2. The molecule has 1 aromatic carbocycles. The maximum atomic E-state index is 5.71. The second-order valence-corrected chi connectivity index (χ2v) is 5.75. The van der Waals surface area contributed by atoms with Gasteiger partial charge in [-0.15, -0.1) is 0 Å². The van der Waals surface area contributed by atoms with Gasteiger partial charge in [-0.25, -0.2) is 0 Å². The topological polar surface area (TPSA) is 26.2 Å². The fraction of sp³-hybridized carbons (Fsp3) is 0.444. The van der Waals surface area contributed by atoms with Crippen LogP contribution in [0.25, 0.3) is 0 Å². The first-order valence-electron chi connectivity index (χ1n) is 7.74. The number of aryl methyl sites for hydroxylation is 2. The Labute approximate surface area is 127 Å². The molecule has 114 valence electrons. The molecule has 0 amide bonds. The van der Waals surface area contributed by atoms with Gasteiger partial charge in [0.1, 0.15) is 5.75 Å². The van der Waals surface area contributed by atoms with Gasteiger partial charge in [0.05, 0.1) is 6.10 Å². The Balaban J connectivity index is 1.96. The van der Waals surface area contributed by atoms with Gasteiger partial charge in [0.15, 0.2) is 0 Å². The fourth-order valence-corrected chi connectivity index (χ4v) is 2.37. The number of hydrogen-bond donors (Lipinski definition) is 1. The number of nitrogens with one attached hydrogen (secondary N) is 1. The molecular formula is C18H26N2O. The first-order chi connectivity index (χ1) is 10.1. The maximum absolute atomic E-state index is 5.71. The molecule has 1 heterocycles. The molecule has 0 saturated carbocycles. The molecule has 0 atom stereocenters. The van der Waals surface area contributed by atoms with Crippen LogP contribution in [-0.4, -0.2) is 10.7 Å². The van der Waals surface area contributed by atoms with Gasteiger partial charge in [0, 0.05) is 31.2 Å². The average molecular weight is 286 g/mol. The van der Waals surface area contributed by atoms with Crippen LogP contribution < -0.4 is 10.1 Å². The second kappa shape index (κ2) is 7.21. The van der Waals surface area contributed by atoms with Gasteiger partial charge in [-0.05, 0) is 62.6 Å². The monoisotopic (exact) mass is 286 g/mol. The Morgan fingerprint density at radius 2 is 2.05 bits per heavy atom. The van der Waals surface area contributed by atoms with E-state index < -0.39 is 0 Å². The number of anilines is 1. The van der Waals surface area contributed by atoms with Crippen LogP contribution in [0.4, 0.5) is 5.69 Å². The van der Waals surface area contributed by atoms with E-state index in [1.807, 2.05) is 19.9 Å². The normalized spacial score (nSPS) is 10.9. The summed E-state index contributed by atoms with van der Waals surface area (Å²) in [5.41, 5.74) is 3.68. The molecule has 0 unspecified atom stereocenters. The third-order valence-corrected chi connectivity index (χ3v) is 3.35. The van der Waals surface area contributed by atoms with E-state index in [2.05, 4.69) is 54.3 Å². The molecule has 2 aromatic rings. The molecule has 0 saturated heterocycles. The molecule has 2 rings (SSSR count). The molecule has 0 spiro atoms. The number of aromatic nitrogens is 1. The summed E-state index contributed by atoms with van der Waals surface area (Å²) in [5.74, 6) is 0.933. The predicted molar refractivity (Wildman–Crippen MR) is 89.0 cm³/mol. The fourth-order valence-electron chi connectivity index (χ4n) is 2.37. The van der Waals surface area contributed by atoms with E-state index in [0.29, 0.717) is 0 Å². The van der Waals surface area contributed by atoms with E-state index in [1.54, 1.807) is 0 Å². The number of ether oxygens (including phenoxy) is 1. The highest BCUT2D eigenvalue weighted by Gasteiger charge is 2.03. The molecule has 0 aliphatic rings. The standard InChI is InChI=1S/C18H26N2O/c1-5-9-20-10-8-16(13-20)12-19-18-7-6-17(11-15(18)4)21-14(2)3/h6-8,10-11,13-14,19H,5,9,12H2,1-4H3. The van der Waals surface area contributed by atoms with E-state index in [9.17, 15) is 0 Å². The SMILES string of the molecule is CCCn1ccc(CNc2ccc(OC(C)C)cc2C)c1. The highest BCUT2D eigenvalue weighted by molar-refractivity contribution is 5.53. The van der Waals surface area contributed by atoms with Gasteiger partial charge in [-0.1, -0.05) is 6.92 Å². The molecule has 3 nitrogen and oxygen atoms in total. The van der Waals surface area contributed by atoms with Crippen LogP contribution in [0, 0.1) is 6.92 Å². The summed E-state index contributed by atoms with van der Waals surface area (Å²) in [7, 11) is 0. The minimum absolute atomic E-state index is 0.210. The maximum Gasteiger partial charge on any atom is 0.120 e. The Morgan fingerprint density at radius 3 is 2.71 bits per heavy atom. The summed E-state index contributed by atoms with van der Waals surface area (Å²) in [6.07, 6.45) is 5.73. The Morgan fingerprint density at radius 1 is 1.24 bits per heavy atom. The van der Waals surface area contributed by atoms with Crippen molar-refractivity contribution < 1.29 is 4.74 Å². The van der Waals surface area contributed by atoms with Crippen LogP contribution in [0.1, 0.15) is 38.3 Å². The van der Waals surface area contributed by atoms with E-state index in [1.165, 1.54) is 11.1 Å². The highest BCUT2D eigenvalue weighted by Crippen LogP contribution is 2.22. The van der Waals surface area contributed by atoms with Crippen molar-refractivity contribution in [3.05, 3.63) is 47.8 Å². The lowest BCUT2D eigenvalue weighted by Gasteiger charge is -2.13. The van der Waals surface area contributed by atoms with Crippen LogP contribution in [-0.2, 0) is 13.1 Å². The van der Waals surface area contributed by atoms with Gasteiger partial charge in [0.25, 0.3) is 0 Å². The Bertz CT molecular complexity index is 572. The first-order valence-corrected chi connectivity index (χ1v) is 7.74. The van der Waals surface area contributed by atoms with Gasteiger partial charge in [-0.3, -0.25) is 0 Å². The molecule has 0 fully saturated rings. The second-order valence-electron chi connectivity index (χ2n) is 5.75. The molecule has 21 heavy (non-hydrogen) atoms.